The number of nitrogens with zero attached hydrogens (tertiary/aromatic N) is 5. The van der Waals surface area contributed by atoms with Gasteiger partial charge in [-0.1, -0.05) is 0 Å². The molecule has 4 rings (SSSR count). The lowest BCUT2D eigenvalue weighted by atomic mass is 10.0. The van der Waals surface area contributed by atoms with Crippen molar-refractivity contribution >= 4 is 22.6 Å². The fourth-order valence-corrected chi connectivity index (χ4v) is 3.48. The van der Waals surface area contributed by atoms with Crippen molar-refractivity contribution < 1.29 is 17.6 Å². The SMILES string of the molecule is CN(c1cc(C(F)(F)F)ncn1)C1CCCN(c2nccc3occc23)C1. The van der Waals surface area contributed by atoms with E-state index in [1.54, 1.807) is 24.4 Å². The van der Waals surface area contributed by atoms with E-state index in [0.29, 0.717) is 6.54 Å². The molecule has 1 saturated heterocycles. The average Bonchev–Trinajstić information content (AvgIpc) is 3.16. The fraction of sp³-hybridized carbons (Fsp3) is 0.389. The zero-order valence-electron chi connectivity index (χ0n) is 14.6. The number of anilines is 2. The molecule has 1 fully saturated rings. The van der Waals surface area contributed by atoms with E-state index in [1.807, 2.05) is 12.1 Å². The Balaban J connectivity index is 1.57. The van der Waals surface area contributed by atoms with Gasteiger partial charge >= 0.3 is 6.18 Å². The molecule has 0 spiro atoms. The van der Waals surface area contributed by atoms with Crippen molar-refractivity contribution in [3.63, 3.8) is 0 Å². The molecular formula is C18H18F3N5O. The van der Waals surface area contributed by atoms with Gasteiger partial charge in [0.05, 0.1) is 11.6 Å². The summed E-state index contributed by atoms with van der Waals surface area (Å²) in [7, 11) is 1.77. The van der Waals surface area contributed by atoms with Gasteiger partial charge in [-0.2, -0.15) is 13.2 Å². The summed E-state index contributed by atoms with van der Waals surface area (Å²) in [5.41, 5.74) is -0.169. The van der Waals surface area contributed by atoms with Crippen LogP contribution in [0.4, 0.5) is 24.8 Å². The van der Waals surface area contributed by atoms with Crippen LogP contribution in [0.2, 0.25) is 0 Å². The van der Waals surface area contributed by atoms with Crippen LogP contribution < -0.4 is 9.80 Å². The highest BCUT2D eigenvalue weighted by Gasteiger charge is 2.34. The minimum absolute atomic E-state index is 0.0127. The maximum absolute atomic E-state index is 12.9. The molecule has 0 aromatic carbocycles. The highest BCUT2D eigenvalue weighted by Crippen LogP contribution is 2.31. The normalized spacial score (nSPS) is 18.1. The number of rotatable bonds is 3. The minimum atomic E-state index is -4.49. The van der Waals surface area contributed by atoms with Crippen molar-refractivity contribution in [2.24, 2.45) is 0 Å². The lowest BCUT2D eigenvalue weighted by molar-refractivity contribution is -0.141. The molecule has 3 aromatic rings. The molecule has 6 nitrogen and oxygen atoms in total. The van der Waals surface area contributed by atoms with E-state index < -0.39 is 11.9 Å². The van der Waals surface area contributed by atoms with Gasteiger partial charge in [-0.25, -0.2) is 15.0 Å². The number of alkyl halides is 3. The molecular weight excluding hydrogens is 359 g/mol. The number of piperidine rings is 1. The summed E-state index contributed by atoms with van der Waals surface area (Å²) in [5.74, 6) is 1.09. The smallest absolute Gasteiger partial charge is 0.433 e. The molecule has 1 unspecified atom stereocenters. The molecule has 9 heteroatoms. The maximum Gasteiger partial charge on any atom is 0.433 e. The quantitative estimate of drug-likeness (QED) is 0.693. The Bertz CT molecular complexity index is 942. The zero-order valence-corrected chi connectivity index (χ0v) is 14.6. The average molecular weight is 377 g/mol. The number of furan rings is 1. The predicted molar refractivity (Wildman–Crippen MR) is 94.7 cm³/mol. The van der Waals surface area contributed by atoms with Crippen LogP contribution in [0.1, 0.15) is 18.5 Å². The Morgan fingerprint density at radius 1 is 1.22 bits per heavy atom. The van der Waals surface area contributed by atoms with Crippen molar-refractivity contribution in [3.05, 3.63) is 42.7 Å². The summed E-state index contributed by atoms with van der Waals surface area (Å²) in [5, 5.41) is 0.933. The molecule has 0 radical (unpaired) electrons. The molecule has 142 valence electrons. The number of pyridine rings is 1. The number of halogens is 3. The van der Waals surface area contributed by atoms with Crippen molar-refractivity contribution in [2.45, 2.75) is 25.1 Å². The fourth-order valence-electron chi connectivity index (χ4n) is 3.48. The lowest BCUT2D eigenvalue weighted by Crippen LogP contribution is -2.47. The van der Waals surface area contributed by atoms with E-state index in [4.69, 9.17) is 4.42 Å². The molecule has 0 amide bonds. The monoisotopic (exact) mass is 377 g/mol. The molecule has 4 heterocycles. The summed E-state index contributed by atoms with van der Waals surface area (Å²) in [6, 6.07) is 4.70. The highest BCUT2D eigenvalue weighted by molar-refractivity contribution is 5.88. The lowest BCUT2D eigenvalue weighted by Gasteiger charge is -2.38. The van der Waals surface area contributed by atoms with E-state index in [1.165, 1.54) is 0 Å². The van der Waals surface area contributed by atoms with E-state index in [0.717, 1.165) is 48.6 Å². The summed E-state index contributed by atoms with van der Waals surface area (Å²) in [6.45, 7) is 1.47. The first-order chi connectivity index (χ1) is 12.9. The Hall–Kier alpha value is -2.84. The van der Waals surface area contributed by atoms with Gasteiger partial charge in [-0.15, -0.1) is 0 Å². The van der Waals surface area contributed by atoms with Crippen molar-refractivity contribution in [3.8, 4) is 0 Å². The number of aromatic nitrogens is 3. The van der Waals surface area contributed by atoms with E-state index in [9.17, 15) is 13.2 Å². The summed E-state index contributed by atoms with van der Waals surface area (Å²) >= 11 is 0. The van der Waals surface area contributed by atoms with Gasteiger partial charge in [0.25, 0.3) is 0 Å². The molecule has 3 aromatic heterocycles. The van der Waals surface area contributed by atoms with Crippen molar-refractivity contribution in [2.75, 3.05) is 29.9 Å². The molecule has 27 heavy (non-hydrogen) atoms. The van der Waals surface area contributed by atoms with Gasteiger partial charge in [-0.3, -0.25) is 0 Å². The number of likely N-dealkylation sites (N-methyl/N-ethyl adjacent to an activating group) is 1. The van der Waals surface area contributed by atoms with Crippen LogP contribution in [0.15, 0.2) is 41.4 Å². The van der Waals surface area contributed by atoms with Gasteiger partial charge in [0, 0.05) is 38.4 Å². The second-order valence-corrected chi connectivity index (χ2v) is 6.58. The number of hydrogen-bond donors (Lipinski definition) is 0. The molecule has 0 bridgehead atoms. The van der Waals surface area contributed by atoms with Gasteiger partial charge in [0.2, 0.25) is 0 Å². The van der Waals surface area contributed by atoms with Gasteiger partial charge in [0.1, 0.15) is 29.2 Å². The van der Waals surface area contributed by atoms with Crippen LogP contribution in [-0.4, -0.2) is 41.1 Å². The van der Waals surface area contributed by atoms with Crippen molar-refractivity contribution in [1.82, 2.24) is 15.0 Å². The molecule has 0 aliphatic carbocycles. The summed E-state index contributed by atoms with van der Waals surface area (Å²) < 4.78 is 44.3. The second-order valence-electron chi connectivity index (χ2n) is 6.58. The summed E-state index contributed by atoms with van der Waals surface area (Å²) in [6.07, 6.45) is 1.57. The zero-order chi connectivity index (χ0) is 19.0. The Kier molecular flexibility index (Phi) is 4.37. The first kappa shape index (κ1) is 17.6. The van der Waals surface area contributed by atoms with Crippen LogP contribution in [-0.2, 0) is 6.18 Å². The standard InChI is InChI=1S/C18H18F3N5O/c1-25(16-9-15(18(19,20)21)23-11-24-16)12-3-2-7-26(10-12)17-13-5-8-27-14(13)4-6-22-17/h4-6,8-9,11-12H,2-3,7,10H2,1H3. The summed E-state index contributed by atoms with van der Waals surface area (Å²) in [4.78, 5) is 15.8. The first-order valence-corrected chi connectivity index (χ1v) is 8.63. The van der Waals surface area contributed by atoms with E-state index in [2.05, 4.69) is 19.9 Å². The topological polar surface area (TPSA) is 58.3 Å². The van der Waals surface area contributed by atoms with Crippen LogP contribution in [0.5, 0.6) is 0 Å². The third-order valence-electron chi connectivity index (χ3n) is 4.91. The Morgan fingerprint density at radius 2 is 2.07 bits per heavy atom. The van der Waals surface area contributed by atoms with E-state index >= 15 is 0 Å². The van der Waals surface area contributed by atoms with Crippen LogP contribution in [0.25, 0.3) is 11.0 Å². The molecule has 0 saturated carbocycles. The molecule has 1 aliphatic rings. The Labute approximate surface area is 153 Å². The molecule has 0 N–H and O–H groups in total. The van der Waals surface area contributed by atoms with Crippen LogP contribution in [0, 0.1) is 0 Å². The third-order valence-corrected chi connectivity index (χ3v) is 4.91. The largest absolute Gasteiger partial charge is 0.464 e. The van der Waals surface area contributed by atoms with Crippen LogP contribution in [0.3, 0.4) is 0 Å². The number of hydrogen-bond acceptors (Lipinski definition) is 6. The molecule has 1 aliphatic heterocycles. The van der Waals surface area contributed by atoms with Gasteiger partial charge in [0.15, 0.2) is 0 Å². The van der Waals surface area contributed by atoms with Crippen molar-refractivity contribution in [1.29, 1.82) is 0 Å². The Morgan fingerprint density at radius 3 is 2.89 bits per heavy atom. The molecule has 1 atom stereocenters. The van der Waals surface area contributed by atoms with Crippen LogP contribution >= 0.6 is 0 Å². The predicted octanol–water partition coefficient (Wildman–Crippen LogP) is 3.74. The maximum atomic E-state index is 12.9. The third kappa shape index (κ3) is 3.41. The first-order valence-electron chi connectivity index (χ1n) is 8.63. The minimum Gasteiger partial charge on any atom is -0.464 e. The van der Waals surface area contributed by atoms with E-state index in [-0.39, 0.29) is 11.9 Å². The highest BCUT2D eigenvalue weighted by atomic mass is 19.4. The second kappa shape index (κ2) is 6.71. The van der Waals surface area contributed by atoms with Gasteiger partial charge in [-0.05, 0) is 25.0 Å². The number of fused-ring (bicyclic) bond motifs is 1. The van der Waals surface area contributed by atoms with Gasteiger partial charge < -0.3 is 14.2 Å².